The molecule has 2 bridgehead atoms. The Morgan fingerprint density at radius 3 is 2.00 bits per heavy atom. The number of hydrogen-bond acceptors (Lipinski definition) is 4. The fourth-order valence-electron chi connectivity index (χ4n) is 5.74. The number of carbonyl (C=O) groups excluding carboxylic acids is 1. The van der Waals surface area contributed by atoms with E-state index in [1.54, 1.807) is 12.1 Å². The van der Waals surface area contributed by atoms with Crippen LogP contribution in [-0.2, 0) is 15.6 Å². The average Bonchev–Trinajstić information content (AvgIpc) is 2.96. The zero-order valence-corrected chi connectivity index (χ0v) is 19.8. The van der Waals surface area contributed by atoms with Gasteiger partial charge in [0.05, 0.1) is 32.5 Å². The molecule has 0 radical (unpaired) electrons. The molecule has 2 aliphatic carbocycles. The Morgan fingerprint density at radius 1 is 0.871 bits per heavy atom. The van der Waals surface area contributed by atoms with Crippen molar-refractivity contribution in [1.29, 1.82) is 0 Å². The fraction of sp³-hybridized carbons (Fsp3) is 0.400. The number of esters is 1. The number of fused-ring (bicyclic) bond motifs is 6. The Hall–Kier alpha value is -2.17. The van der Waals surface area contributed by atoms with Crippen LogP contribution in [0, 0.1) is 19.3 Å². The minimum absolute atomic E-state index is 0.265. The fourth-order valence-corrected chi connectivity index (χ4v) is 6.05. The van der Waals surface area contributed by atoms with E-state index < -0.39 is 10.8 Å². The van der Waals surface area contributed by atoms with Crippen molar-refractivity contribution < 1.29 is 9.53 Å². The molecule has 31 heavy (non-hydrogen) atoms. The van der Waals surface area contributed by atoms with Gasteiger partial charge in [0.2, 0.25) is 0 Å². The number of halogens is 2. The molecule has 0 saturated heterocycles. The summed E-state index contributed by atoms with van der Waals surface area (Å²) in [6.45, 7) is 10.4. The van der Waals surface area contributed by atoms with Gasteiger partial charge in [-0.05, 0) is 67.5 Å². The van der Waals surface area contributed by atoms with Gasteiger partial charge in [0.25, 0.3) is 0 Å². The number of ether oxygens (including phenoxy) is 1. The van der Waals surface area contributed by atoms with E-state index in [-0.39, 0.29) is 11.4 Å². The number of benzene rings is 2. The van der Waals surface area contributed by atoms with E-state index in [9.17, 15) is 4.79 Å². The summed E-state index contributed by atoms with van der Waals surface area (Å²) in [6, 6.07) is 9.31. The lowest BCUT2D eigenvalue weighted by atomic mass is 9.64. The first-order chi connectivity index (χ1) is 14.5. The van der Waals surface area contributed by atoms with Crippen LogP contribution in [0.2, 0.25) is 10.0 Å². The predicted octanol–water partition coefficient (Wildman–Crippen LogP) is 6.49. The van der Waals surface area contributed by atoms with Crippen LogP contribution in [0.1, 0.15) is 56.1 Å². The summed E-state index contributed by atoms with van der Waals surface area (Å²) in [5.41, 5.74) is 3.44. The maximum absolute atomic E-state index is 13.9. The van der Waals surface area contributed by atoms with Crippen LogP contribution in [-0.4, -0.2) is 15.9 Å². The number of aromatic nitrogens is 2. The molecule has 1 fully saturated rings. The van der Waals surface area contributed by atoms with Gasteiger partial charge in [0, 0.05) is 5.41 Å². The summed E-state index contributed by atoms with van der Waals surface area (Å²) < 4.78 is 6.02. The predicted molar refractivity (Wildman–Crippen MR) is 123 cm³/mol. The van der Waals surface area contributed by atoms with Crippen molar-refractivity contribution in [2.24, 2.45) is 5.41 Å². The highest BCUT2D eigenvalue weighted by Gasteiger charge is 2.74. The van der Waals surface area contributed by atoms with Gasteiger partial charge in [-0.1, -0.05) is 50.0 Å². The number of hydrogen-bond donors (Lipinski definition) is 0. The van der Waals surface area contributed by atoms with Gasteiger partial charge in [-0.2, -0.15) is 0 Å². The normalized spacial score (nSPS) is 25.6. The van der Waals surface area contributed by atoms with Gasteiger partial charge in [-0.3, -0.25) is 4.79 Å². The SMILES string of the molecule is Cc1cc(C)cc(OC(=O)C23CCC(C)(c4nc5cc(Cl)c(Cl)cc5nc42)C3(C)C)c1. The Kier molecular flexibility index (Phi) is 4.30. The minimum atomic E-state index is -0.873. The van der Waals surface area contributed by atoms with E-state index in [4.69, 9.17) is 37.9 Å². The third-order valence-corrected chi connectivity index (χ3v) is 8.56. The van der Waals surface area contributed by atoms with Crippen molar-refractivity contribution in [3.05, 3.63) is 62.9 Å². The van der Waals surface area contributed by atoms with Crippen LogP contribution >= 0.6 is 23.2 Å². The Bertz CT molecular complexity index is 1270. The summed E-state index contributed by atoms with van der Waals surface area (Å²) in [4.78, 5) is 23.8. The Balaban J connectivity index is 1.71. The highest BCUT2D eigenvalue weighted by Crippen LogP contribution is 2.70. The summed E-state index contributed by atoms with van der Waals surface area (Å²) in [7, 11) is 0. The summed E-state index contributed by atoms with van der Waals surface area (Å²) in [5.74, 6) is 0.303. The number of aryl methyl sites for hydroxylation is 2. The van der Waals surface area contributed by atoms with Gasteiger partial charge in [0.15, 0.2) is 0 Å². The quantitative estimate of drug-likeness (QED) is 0.328. The van der Waals surface area contributed by atoms with Gasteiger partial charge >= 0.3 is 5.97 Å². The van der Waals surface area contributed by atoms with Crippen LogP contribution in [0.4, 0.5) is 0 Å². The first-order valence-corrected chi connectivity index (χ1v) is 11.2. The zero-order chi connectivity index (χ0) is 22.3. The molecule has 1 aromatic heterocycles. The molecule has 4 nitrogen and oxygen atoms in total. The standard InChI is InChI=1S/C25H24Cl2N2O2/c1-13-8-14(2)10-15(9-13)31-22(30)25-7-6-24(5,23(25,3)4)20-21(25)29-19-12-17(27)16(26)11-18(19)28-20/h8-12H,6-7H2,1-5H3. The summed E-state index contributed by atoms with van der Waals surface area (Å²) in [5, 5.41) is 0.865. The minimum Gasteiger partial charge on any atom is -0.426 e. The Morgan fingerprint density at radius 2 is 1.42 bits per heavy atom. The smallest absolute Gasteiger partial charge is 0.324 e. The van der Waals surface area contributed by atoms with Crippen LogP contribution in [0.15, 0.2) is 30.3 Å². The Labute approximate surface area is 191 Å². The third-order valence-electron chi connectivity index (χ3n) is 7.83. The molecule has 2 aliphatic rings. The van der Waals surface area contributed by atoms with Gasteiger partial charge < -0.3 is 4.74 Å². The van der Waals surface area contributed by atoms with E-state index in [1.165, 1.54) is 0 Å². The molecular formula is C25H24Cl2N2O2. The van der Waals surface area contributed by atoms with Crippen molar-refractivity contribution in [3.8, 4) is 5.75 Å². The molecular weight excluding hydrogens is 431 g/mol. The molecule has 0 spiro atoms. The van der Waals surface area contributed by atoms with Crippen LogP contribution in [0.5, 0.6) is 5.75 Å². The lowest BCUT2D eigenvalue weighted by Gasteiger charge is -2.38. The molecule has 160 valence electrons. The van der Waals surface area contributed by atoms with E-state index in [0.29, 0.717) is 38.9 Å². The largest absolute Gasteiger partial charge is 0.426 e. The molecule has 3 aromatic rings. The molecule has 2 aromatic carbocycles. The molecule has 6 heteroatoms. The summed E-state index contributed by atoms with van der Waals surface area (Å²) >= 11 is 12.5. The summed E-state index contributed by atoms with van der Waals surface area (Å²) in [6.07, 6.45) is 1.52. The molecule has 0 aliphatic heterocycles. The van der Waals surface area contributed by atoms with Crippen LogP contribution in [0.25, 0.3) is 11.0 Å². The van der Waals surface area contributed by atoms with Crippen molar-refractivity contribution in [2.45, 2.75) is 58.3 Å². The molecule has 1 saturated carbocycles. The molecule has 5 rings (SSSR count). The lowest BCUT2D eigenvalue weighted by molar-refractivity contribution is -0.145. The van der Waals surface area contributed by atoms with E-state index >= 15 is 0 Å². The van der Waals surface area contributed by atoms with Crippen molar-refractivity contribution >= 4 is 40.2 Å². The van der Waals surface area contributed by atoms with Gasteiger partial charge in [-0.25, -0.2) is 9.97 Å². The number of nitrogens with zero attached hydrogens (tertiary/aromatic N) is 2. The lowest BCUT2D eigenvalue weighted by Crippen LogP contribution is -2.48. The molecule has 2 unspecified atom stereocenters. The second kappa shape index (κ2) is 6.43. The monoisotopic (exact) mass is 454 g/mol. The molecule has 1 heterocycles. The average molecular weight is 455 g/mol. The van der Waals surface area contributed by atoms with Crippen LogP contribution < -0.4 is 4.74 Å². The van der Waals surface area contributed by atoms with E-state index in [0.717, 1.165) is 23.2 Å². The zero-order valence-electron chi connectivity index (χ0n) is 18.3. The second-order valence-corrected chi connectivity index (χ2v) is 10.6. The maximum atomic E-state index is 13.9. The molecule has 2 atom stereocenters. The maximum Gasteiger partial charge on any atom is 0.324 e. The van der Waals surface area contributed by atoms with Gasteiger partial charge in [-0.15, -0.1) is 0 Å². The van der Waals surface area contributed by atoms with Crippen LogP contribution in [0.3, 0.4) is 0 Å². The van der Waals surface area contributed by atoms with E-state index in [1.807, 2.05) is 26.0 Å². The number of rotatable bonds is 2. The first kappa shape index (κ1) is 20.7. The third kappa shape index (κ3) is 2.58. The first-order valence-electron chi connectivity index (χ1n) is 10.5. The van der Waals surface area contributed by atoms with Crippen molar-refractivity contribution in [3.63, 3.8) is 0 Å². The highest BCUT2D eigenvalue weighted by atomic mass is 35.5. The van der Waals surface area contributed by atoms with Gasteiger partial charge in [0.1, 0.15) is 11.2 Å². The highest BCUT2D eigenvalue weighted by molar-refractivity contribution is 6.42. The number of carbonyl (C=O) groups is 1. The topological polar surface area (TPSA) is 52.1 Å². The van der Waals surface area contributed by atoms with Crippen molar-refractivity contribution in [1.82, 2.24) is 9.97 Å². The molecule has 0 N–H and O–H groups in total. The molecule has 0 amide bonds. The van der Waals surface area contributed by atoms with E-state index in [2.05, 4.69) is 26.8 Å². The van der Waals surface area contributed by atoms with Crippen molar-refractivity contribution in [2.75, 3.05) is 0 Å². The second-order valence-electron chi connectivity index (χ2n) is 9.75.